The van der Waals surface area contributed by atoms with Gasteiger partial charge in [-0.15, -0.1) is 0 Å². The molecule has 0 aliphatic carbocycles. The number of methoxy groups -OCH3 is 1. The molecule has 0 atom stereocenters. The van der Waals surface area contributed by atoms with Gasteiger partial charge in [0.15, 0.2) is 0 Å². The van der Waals surface area contributed by atoms with Crippen LogP contribution in [-0.2, 0) is 16.1 Å². The largest absolute Gasteiger partial charge is 0.488 e. The summed E-state index contributed by atoms with van der Waals surface area (Å²) < 4.78 is 11.9. The van der Waals surface area contributed by atoms with Crippen LogP contribution in [0.5, 0.6) is 5.75 Å². The monoisotopic (exact) mass is 411 g/mol. The van der Waals surface area contributed by atoms with E-state index in [1.54, 1.807) is 7.11 Å². The first-order valence-corrected chi connectivity index (χ1v) is 10.8. The Hall–Kier alpha value is -2.33. The Morgan fingerprint density at radius 3 is 1.97 bits per heavy atom. The Morgan fingerprint density at radius 2 is 1.50 bits per heavy atom. The van der Waals surface area contributed by atoms with E-state index in [9.17, 15) is 4.79 Å². The van der Waals surface area contributed by atoms with Gasteiger partial charge in [0.1, 0.15) is 18.0 Å². The zero-order valence-corrected chi connectivity index (χ0v) is 19.5. The standard InChI is InChI=1S/C26H37NO3/c1-18(2)15-26(29-7,16-19(3)4)25(28)27-23-13-20(5)24(21(6)14-23)30-17-22-11-9-8-10-12-22/h8-14,18-19H,15-17H2,1-7H3,(H,27,28). The van der Waals surface area contributed by atoms with Crippen LogP contribution in [0.2, 0.25) is 0 Å². The molecule has 2 aromatic rings. The lowest BCUT2D eigenvalue weighted by Crippen LogP contribution is -2.47. The third-order valence-electron chi connectivity index (χ3n) is 5.22. The van der Waals surface area contributed by atoms with Crippen LogP contribution < -0.4 is 10.1 Å². The molecule has 4 nitrogen and oxygen atoms in total. The molecule has 4 heteroatoms. The summed E-state index contributed by atoms with van der Waals surface area (Å²) in [5, 5.41) is 3.11. The second-order valence-electron chi connectivity index (χ2n) is 9.06. The van der Waals surface area contributed by atoms with Crippen molar-refractivity contribution >= 4 is 11.6 Å². The van der Waals surface area contributed by atoms with Gasteiger partial charge in [0, 0.05) is 12.8 Å². The zero-order valence-electron chi connectivity index (χ0n) is 19.5. The van der Waals surface area contributed by atoms with E-state index in [0.717, 1.165) is 28.1 Å². The molecule has 0 aromatic heterocycles. The van der Waals surface area contributed by atoms with E-state index in [1.807, 2.05) is 56.3 Å². The minimum atomic E-state index is -0.827. The van der Waals surface area contributed by atoms with Gasteiger partial charge in [-0.3, -0.25) is 4.79 Å². The van der Waals surface area contributed by atoms with E-state index in [1.165, 1.54) is 0 Å². The number of nitrogens with one attached hydrogen (secondary N) is 1. The minimum Gasteiger partial charge on any atom is -0.488 e. The molecule has 0 spiro atoms. The Kier molecular flexibility index (Phi) is 8.48. The van der Waals surface area contributed by atoms with Crippen molar-refractivity contribution in [1.82, 2.24) is 0 Å². The summed E-state index contributed by atoms with van der Waals surface area (Å²) in [7, 11) is 1.64. The average molecular weight is 412 g/mol. The van der Waals surface area contributed by atoms with Crippen molar-refractivity contribution in [3.63, 3.8) is 0 Å². The van der Waals surface area contributed by atoms with Crippen LogP contribution in [0, 0.1) is 25.7 Å². The number of hydrogen-bond donors (Lipinski definition) is 1. The predicted octanol–water partition coefficient (Wildman–Crippen LogP) is 6.30. The number of amides is 1. The molecule has 1 amide bonds. The summed E-state index contributed by atoms with van der Waals surface area (Å²) in [6, 6.07) is 14.0. The van der Waals surface area contributed by atoms with Gasteiger partial charge in [-0.2, -0.15) is 0 Å². The maximum Gasteiger partial charge on any atom is 0.256 e. The molecule has 0 radical (unpaired) electrons. The highest BCUT2D eigenvalue weighted by atomic mass is 16.5. The molecule has 164 valence electrons. The van der Waals surface area contributed by atoms with Gasteiger partial charge in [-0.05, 0) is 67.3 Å². The molecule has 2 aromatic carbocycles. The Bertz CT molecular complexity index is 794. The molecule has 1 N–H and O–H groups in total. The van der Waals surface area contributed by atoms with E-state index in [-0.39, 0.29) is 5.91 Å². The van der Waals surface area contributed by atoms with Crippen molar-refractivity contribution in [1.29, 1.82) is 0 Å². The molecule has 0 saturated heterocycles. The lowest BCUT2D eigenvalue weighted by Gasteiger charge is -2.34. The molecule has 0 saturated carbocycles. The van der Waals surface area contributed by atoms with Crippen LogP contribution in [0.15, 0.2) is 42.5 Å². The fourth-order valence-electron chi connectivity index (χ4n) is 4.07. The molecule has 0 bridgehead atoms. The van der Waals surface area contributed by atoms with Crippen LogP contribution in [0.3, 0.4) is 0 Å². The van der Waals surface area contributed by atoms with E-state index in [0.29, 0.717) is 31.3 Å². The normalized spacial score (nSPS) is 11.8. The molecule has 0 aliphatic rings. The van der Waals surface area contributed by atoms with Gasteiger partial charge in [0.2, 0.25) is 0 Å². The van der Waals surface area contributed by atoms with E-state index < -0.39 is 5.60 Å². The molecule has 0 heterocycles. The van der Waals surface area contributed by atoms with Gasteiger partial charge in [-0.1, -0.05) is 58.0 Å². The van der Waals surface area contributed by atoms with Crippen molar-refractivity contribution in [2.24, 2.45) is 11.8 Å². The predicted molar refractivity (Wildman–Crippen MR) is 124 cm³/mol. The van der Waals surface area contributed by atoms with Crippen molar-refractivity contribution in [2.45, 2.75) is 66.6 Å². The van der Waals surface area contributed by atoms with Crippen molar-refractivity contribution in [3.05, 3.63) is 59.2 Å². The zero-order chi connectivity index (χ0) is 22.3. The number of benzene rings is 2. The number of ether oxygens (including phenoxy) is 2. The lowest BCUT2D eigenvalue weighted by molar-refractivity contribution is -0.142. The summed E-state index contributed by atoms with van der Waals surface area (Å²) in [6.07, 6.45) is 1.37. The molecule has 30 heavy (non-hydrogen) atoms. The highest BCUT2D eigenvalue weighted by Crippen LogP contribution is 2.32. The molecule has 0 aliphatic heterocycles. The second-order valence-corrected chi connectivity index (χ2v) is 9.06. The Morgan fingerprint density at radius 1 is 0.967 bits per heavy atom. The Labute approximate surface area is 182 Å². The number of anilines is 1. The second kappa shape index (κ2) is 10.6. The van der Waals surface area contributed by atoms with Gasteiger partial charge < -0.3 is 14.8 Å². The van der Waals surface area contributed by atoms with Crippen molar-refractivity contribution in [2.75, 3.05) is 12.4 Å². The average Bonchev–Trinajstić information content (AvgIpc) is 2.66. The quantitative estimate of drug-likeness (QED) is 0.499. The number of hydrogen-bond acceptors (Lipinski definition) is 3. The molecule has 2 rings (SSSR count). The summed E-state index contributed by atoms with van der Waals surface area (Å²) in [4.78, 5) is 13.3. The van der Waals surface area contributed by atoms with E-state index in [4.69, 9.17) is 9.47 Å². The Balaban J connectivity index is 2.19. The number of aryl methyl sites for hydroxylation is 2. The van der Waals surface area contributed by atoms with Crippen LogP contribution in [-0.4, -0.2) is 18.6 Å². The highest BCUT2D eigenvalue weighted by Gasteiger charge is 2.39. The lowest BCUT2D eigenvalue weighted by atomic mass is 9.84. The van der Waals surface area contributed by atoms with Crippen LogP contribution in [0.25, 0.3) is 0 Å². The number of carbonyl (C=O) groups excluding carboxylic acids is 1. The summed E-state index contributed by atoms with van der Waals surface area (Å²) >= 11 is 0. The number of carbonyl (C=O) groups is 1. The summed E-state index contributed by atoms with van der Waals surface area (Å²) in [6.45, 7) is 13.0. The first kappa shape index (κ1) is 23.9. The molecule has 0 unspecified atom stereocenters. The fourth-order valence-corrected chi connectivity index (χ4v) is 4.07. The van der Waals surface area contributed by atoms with Gasteiger partial charge >= 0.3 is 0 Å². The summed E-state index contributed by atoms with van der Waals surface area (Å²) in [5.41, 5.74) is 3.07. The van der Waals surface area contributed by atoms with Gasteiger partial charge in [-0.25, -0.2) is 0 Å². The molecular weight excluding hydrogens is 374 g/mol. The maximum absolute atomic E-state index is 13.3. The minimum absolute atomic E-state index is 0.0795. The van der Waals surface area contributed by atoms with E-state index >= 15 is 0 Å². The molecule has 0 fully saturated rings. The van der Waals surface area contributed by atoms with Crippen LogP contribution in [0.4, 0.5) is 5.69 Å². The smallest absolute Gasteiger partial charge is 0.256 e. The van der Waals surface area contributed by atoms with Gasteiger partial charge in [0.25, 0.3) is 5.91 Å². The van der Waals surface area contributed by atoms with Gasteiger partial charge in [0.05, 0.1) is 0 Å². The van der Waals surface area contributed by atoms with E-state index in [2.05, 4.69) is 33.0 Å². The van der Waals surface area contributed by atoms with Crippen molar-refractivity contribution < 1.29 is 14.3 Å². The molecular formula is C26H37NO3. The fraction of sp³-hybridized carbons (Fsp3) is 0.500. The summed E-state index contributed by atoms with van der Waals surface area (Å²) in [5.74, 6) is 1.49. The van der Waals surface area contributed by atoms with Crippen LogP contribution >= 0.6 is 0 Å². The highest BCUT2D eigenvalue weighted by molar-refractivity contribution is 5.97. The maximum atomic E-state index is 13.3. The first-order valence-electron chi connectivity index (χ1n) is 10.8. The van der Waals surface area contributed by atoms with Crippen molar-refractivity contribution in [3.8, 4) is 5.75 Å². The van der Waals surface area contributed by atoms with Crippen LogP contribution in [0.1, 0.15) is 57.2 Å². The SMILES string of the molecule is COC(CC(C)C)(CC(C)C)C(=O)Nc1cc(C)c(OCc2ccccc2)c(C)c1. The third-order valence-corrected chi connectivity index (χ3v) is 5.22. The topological polar surface area (TPSA) is 47.6 Å². The number of rotatable bonds is 10. The third kappa shape index (κ3) is 6.33. The first-order chi connectivity index (χ1) is 14.2.